The number of ether oxygens (including phenoxy) is 1. The van der Waals surface area contributed by atoms with Crippen LogP contribution in [0.3, 0.4) is 0 Å². The van der Waals surface area contributed by atoms with Crippen LogP contribution >= 0.6 is 23.1 Å². The van der Waals surface area contributed by atoms with E-state index in [-0.39, 0.29) is 12.1 Å². The average molecular weight is 328 g/mol. The molecule has 1 aliphatic heterocycles. The fourth-order valence-electron chi connectivity index (χ4n) is 1.86. The number of hydrogen-bond donors (Lipinski definition) is 2. The largest absolute Gasteiger partial charge is 0.463 e. The smallest absolute Gasteiger partial charge is 0.337 e. The standard InChI is InChI=1S/C12H16N4O3S2/c1-4-19-10(17)9-6(2)13-11(18)14-8(9)5-20-12-16-15-7(3)21-12/h6H,4-5H2,1-3H3,(H2,13,14,18). The average Bonchev–Trinajstić information content (AvgIpc) is 2.81. The Morgan fingerprint density at radius 2 is 2.24 bits per heavy atom. The van der Waals surface area contributed by atoms with Gasteiger partial charge in [0.05, 0.1) is 18.2 Å². The van der Waals surface area contributed by atoms with E-state index in [1.54, 1.807) is 13.8 Å². The van der Waals surface area contributed by atoms with Gasteiger partial charge in [-0.3, -0.25) is 0 Å². The third-order valence-corrected chi connectivity index (χ3v) is 4.71. The lowest BCUT2D eigenvalue weighted by molar-refractivity contribution is -0.138. The van der Waals surface area contributed by atoms with Crippen LogP contribution in [0.5, 0.6) is 0 Å². The molecule has 0 aromatic carbocycles. The summed E-state index contributed by atoms with van der Waals surface area (Å²) in [7, 11) is 0. The van der Waals surface area contributed by atoms with Crippen LogP contribution in [0.25, 0.3) is 0 Å². The van der Waals surface area contributed by atoms with Crippen LogP contribution in [-0.4, -0.2) is 40.6 Å². The molecule has 0 aliphatic carbocycles. The summed E-state index contributed by atoms with van der Waals surface area (Å²) in [6.07, 6.45) is 0. The van der Waals surface area contributed by atoms with Crippen molar-refractivity contribution in [3.05, 3.63) is 16.3 Å². The number of rotatable bonds is 5. The van der Waals surface area contributed by atoms with Crippen LogP contribution in [0.4, 0.5) is 4.79 Å². The second-order valence-electron chi connectivity index (χ2n) is 4.31. The SMILES string of the molecule is CCOC(=O)C1=C(CSc2nnc(C)s2)NC(=O)NC1C. The Balaban J connectivity index is 2.18. The molecule has 9 heteroatoms. The van der Waals surface area contributed by atoms with Crippen molar-refractivity contribution in [3.8, 4) is 0 Å². The number of urea groups is 1. The van der Waals surface area contributed by atoms with Crippen molar-refractivity contribution in [2.75, 3.05) is 12.4 Å². The molecule has 1 unspecified atom stereocenters. The van der Waals surface area contributed by atoms with Gasteiger partial charge < -0.3 is 15.4 Å². The molecule has 2 heterocycles. The van der Waals surface area contributed by atoms with Gasteiger partial charge in [-0.2, -0.15) is 0 Å². The van der Waals surface area contributed by atoms with E-state index in [0.717, 1.165) is 9.35 Å². The van der Waals surface area contributed by atoms with Crippen LogP contribution < -0.4 is 10.6 Å². The molecular weight excluding hydrogens is 312 g/mol. The van der Waals surface area contributed by atoms with Crippen LogP contribution in [-0.2, 0) is 9.53 Å². The van der Waals surface area contributed by atoms with Gasteiger partial charge in [0, 0.05) is 11.4 Å². The molecule has 0 saturated heterocycles. The molecule has 114 valence electrons. The second-order valence-corrected chi connectivity index (χ2v) is 6.71. The predicted molar refractivity (Wildman–Crippen MR) is 80.2 cm³/mol. The Labute approximate surface area is 130 Å². The molecular formula is C12H16N4O3S2. The van der Waals surface area contributed by atoms with Gasteiger partial charge in [-0.1, -0.05) is 23.1 Å². The predicted octanol–water partition coefficient (Wildman–Crippen LogP) is 1.46. The molecule has 0 saturated carbocycles. The number of aryl methyl sites for hydroxylation is 1. The zero-order valence-corrected chi connectivity index (χ0v) is 13.6. The van der Waals surface area contributed by atoms with E-state index >= 15 is 0 Å². The molecule has 0 fully saturated rings. The zero-order valence-electron chi connectivity index (χ0n) is 11.9. The van der Waals surface area contributed by atoms with Crippen LogP contribution in [0, 0.1) is 6.92 Å². The number of aromatic nitrogens is 2. The lowest BCUT2D eigenvalue weighted by atomic mass is 10.1. The summed E-state index contributed by atoms with van der Waals surface area (Å²) in [5.41, 5.74) is 1.01. The van der Waals surface area contributed by atoms with Gasteiger partial charge in [-0.25, -0.2) is 9.59 Å². The minimum Gasteiger partial charge on any atom is -0.463 e. The zero-order chi connectivity index (χ0) is 15.4. The Morgan fingerprint density at radius 3 is 2.86 bits per heavy atom. The van der Waals surface area contributed by atoms with Crippen LogP contribution in [0.2, 0.25) is 0 Å². The Kier molecular flexibility index (Phi) is 5.18. The first kappa shape index (κ1) is 15.8. The number of carbonyl (C=O) groups excluding carboxylic acids is 2. The molecule has 21 heavy (non-hydrogen) atoms. The van der Waals surface area contributed by atoms with Gasteiger partial charge in [0.1, 0.15) is 5.01 Å². The first-order chi connectivity index (χ1) is 10.0. The molecule has 1 aromatic rings. The number of hydrogen-bond acceptors (Lipinski definition) is 7. The highest BCUT2D eigenvalue weighted by Gasteiger charge is 2.29. The topological polar surface area (TPSA) is 93.2 Å². The van der Waals surface area contributed by atoms with Crippen LogP contribution in [0.15, 0.2) is 15.6 Å². The monoisotopic (exact) mass is 328 g/mol. The molecule has 0 spiro atoms. The van der Waals surface area contributed by atoms with E-state index in [2.05, 4.69) is 20.8 Å². The molecule has 0 radical (unpaired) electrons. The van der Waals surface area contributed by atoms with E-state index in [1.807, 2.05) is 6.92 Å². The highest BCUT2D eigenvalue weighted by Crippen LogP contribution is 2.26. The van der Waals surface area contributed by atoms with E-state index < -0.39 is 5.97 Å². The first-order valence-electron chi connectivity index (χ1n) is 6.41. The fraction of sp³-hybridized carbons (Fsp3) is 0.500. The Morgan fingerprint density at radius 1 is 1.48 bits per heavy atom. The van der Waals surface area contributed by atoms with Gasteiger partial charge in [0.25, 0.3) is 0 Å². The number of thioether (sulfide) groups is 1. The fourth-order valence-corrected chi connectivity index (χ4v) is 3.65. The minimum atomic E-state index is -0.415. The number of nitrogens with one attached hydrogen (secondary N) is 2. The molecule has 1 atom stereocenters. The molecule has 2 amide bonds. The molecule has 1 aliphatic rings. The van der Waals surface area contributed by atoms with Crippen molar-refractivity contribution in [2.24, 2.45) is 0 Å². The minimum absolute atomic E-state index is 0.291. The van der Waals surface area contributed by atoms with Gasteiger partial charge >= 0.3 is 12.0 Å². The number of nitrogens with zero attached hydrogens (tertiary/aromatic N) is 2. The maximum absolute atomic E-state index is 12.0. The maximum atomic E-state index is 12.0. The number of amides is 2. The van der Waals surface area contributed by atoms with Crippen LogP contribution in [0.1, 0.15) is 18.9 Å². The Hall–Kier alpha value is -1.61. The quantitative estimate of drug-likeness (QED) is 0.628. The van der Waals surface area contributed by atoms with E-state index in [1.165, 1.54) is 23.1 Å². The molecule has 2 rings (SSSR count). The molecule has 2 N–H and O–H groups in total. The van der Waals surface area contributed by atoms with Crippen molar-refractivity contribution in [3.63, 3.8) is 0 Å². The van der Waals surface area contributed by atoms with Crippen molar-refractivity contribution in [1.29, 1.82) is 0 Å². The van der Waals surface area contributed by atoms with Gasteiger partial charge in [-0.05, 0) is 20.8 Å². The van der Waals surface area contributed by atoms with Gasteiger partial charge in [-0.15, -0.1) is 10.2 Å². The highest BCUT2D eigenvalue weighted by atomic mass is 32.2. The maximum Gasteiger partial charge on any atom is 0.337 e. The summed E-state index contributed by atoms with van der Waals surface area (Å²) in [5, 5.41) is 14.2. The molecule has 1 aromatic heterocycles. The van der Waals surface area contributed by atoms with E-state index in [9.17, 15) is 9.59 Å². The highest BCUT2D eigenvalue weighted by molar-refractivity contribution is 8.01. The summed E-state index contributed by atoms with van der Waals surface area (Å²) < 4.78 is 5.85. The summed E-state index contributed by atoms with van der Waals surface area (Å²) in [6, 6.07) is -0.704. The molecule has 7 nitrogen and oxygen atoms in total. The lowest BCUT2D eigenvalue weighted by Gasteiger charge is -2.26. The first-order valence-corrected chi connectivity index (χ1v) is 8.22. The van der Waals surface area contributed by atoms with E-state index in [4.69, 9.17) is 4.74 Å². The van der Waals surface area contributed by atoms with Crippen molar-refractivity contribution >= 4 is 35.1 Å². The van der Waals surface area contributed by atoms with Crippen molar-refractivity contribution in [1.82, 2.24) is 20.8 Å². The van der Waals surface area contributed by atoms with Gasteiger partial charge in [0.2, 0.25) is 0 Å². The summed E-state index contributed by atoms with van der Waals surface area (Å²) in [5.74, 6) is 0.0159. The number of esters is 1. The van der Waals surface area contributed by atoms with Crippen molar-refractivity contribution in [2.45, 2.75) is 31.2 Å². The summed E-state index contributed by atoms with van der Waals surface area (Å²) in [6.45, 7) is 5.67. The normalized spacial score (nSPS) is 18.2. The third-order valence-electron chi connectivity index (χ3n) is 2.71. The number of carbonyl (C=O) groups is 2. The van der Waals surface area contributed by atoms with Gasteiger partial charge in [0.15, 0.2) is 4.34 Å². The second kappa shape index (κ2) is 6.90. The summed E-state index contributed by atoms with van der Waals surface area (Å²) >= 11 is 2.90. The third kappa shape index (κ3) is 3.94. The summed E-state index contributed by atoms with van der Waals surface area (Å²) in [4.78, 5) is 23.6. The molecule has 0 bridgehead atoms. The van der Waals surface area contributed by atoms with E-state index in [0.29, 0.717) is 23.6 Å². The lowest BCUT2D eigenvalue weighted by Crippen LogP contribution is -2.49. The van der Waals surface area contributed by atoms with Crippen molar-refractivity contribution < 1.29 is 14.3 Å². The Bertz CT molecular complexity index is 585.